The summed E-state index contributed by atoms with van der Waals surface area (Å²) in [6.07, 6.45) is 3.16. The van der Waals surface area contributed by atoms with Crippen LogP contribution in [0.4, 0.5) is 0 Å². The van der Waals surface area contributed by atoms with E-state index in [4.69, 9.17) is 9.47 Å². The van der Waals surface area contributed by atoms with Gasteiger partial charge in [-0.05, 0) is 12.0 Å². The van der Waals surface area contributed by atoms with E-state index in [1.807, 2.05) is 30.3 Å². The van der Waals surface area contributed by atoms with Crippen LogP contribution in [0, 0.1) is 5.41 Å². The molecule has 1 aromatic carbocycles. The predicted molar refractivity (Wildman–Crippen MR) is 80.7 cm³/mol. The van der Waals surface area contributed by atoms with Crippen molar-refractivity contribution >= 4 is 11.9 Å². The number of rotatable bonds is 7. The number of esters is 2. The lowest BCUT2D eigenvalue weighted by molar-refractivity contribution is -0.170. The Bertz CT molecular complexity index is 503. The van der Waals surface area contributed by atoms with Crippen LogP contribution in [-0.2, 0) is 19.1 Å². The highest BCUT2D eigenvalue weighted by Crippen LogP contribution is 2.42. The van der Waals surface area contributed by atoms with Crippen LogP contribution in [0.15, 0.2) is 55.6 Å². The van der Waals surface area contributed by atoms with Gasteiger partial charge in [0.25, 0.3) is 0 Å². The van der Waals surface area contributed by atoms with Gasteiger partial charge in [0, 0.05) is 5.92 Å². The van der Waals surface area contributed by atoms with Crippen molar-refractivity contribution in [3.05, 3.63) is 61.2 Å². The highest BCUT2D eigenvalue weighted by Gasteiger charge is 2.53. The molecule has 1 aromatic rings. The third kappa shape index (κ3) is 3.05. The summed E-state index contributed by atoms with van der Waals surface area (Å²) in [6.45, 7) is 7.41. The van der Waals surface area contributed by atoms with Gasteiger partial charge in [-0.25, -0.2) is 0 Å². The zero-order valence-corrected chi connectivity index (χ0v) is 12.4. The molecule has 0 radical (unpaired) electrons. The molecule has 0 amide bonds. The Morgan fingerprint density at radius 2 is 1.67 bits per heavy atom. The third-order valence-electron chi connectivity index (χ3n) is 3.49. The SMILES string of the molecule is C=CCC(C(=O)OC)(C(=O)OC)[C@@H](C=C)c1ccccc1. The van der Waals surface area contributed by atoms with Crippen molar-refractivity contribution in [1.82, 2.24) is 0 Å². The first-order valence-corrected chi connectivity index (χ1v) is 6.53. The van der Waals surface area contributed by atoms with E-state index in [-0.39, 0.29) is 6.42 Å². The summed E-state index contributed by atoms with van der Waals surface area (Å²) >= 11 is 0. The average Bonchev–Trinajstić information content (AvgIpc) is 2.54. The number of benzene rings is 1. The molecule has 0 saturated heterocycles. The maximum absolute atomic E-state index is 12.4. The predicted octanol–water partition coefficient (Wildman–Crippen LogP) is 2.86. The molecule has 0 saturated carbocycles. The normalized spacial score (nSPS) is 12.1. The van der Waals surface area contributed by atoms with Crippen molar-refractivity contribution in [1.29, 1.82) is 0 Å². The van der Waals surface area contributed by atoms with E-state index in [0.29, 0.717) is 0 Å². The first kappa shape index (κ1) is 16.7. The molecule has 1 atom stereocenters. The molecular weight excluding hydrogens is 268 g/mol. The number of hydrogen-bond donors (Lipinski definition) is 0. The maximum Gasteiger partial charge on any atom is 0.324 e. The van der Waals surface area contributed by atoms with Crippen LogP contribution >= 0.6 is 0 Å². The first-order chi connectivity index (χ1) is 10.1. The fraction of sp³-hybridized carbons (Fsp3) is 0.294. The number of hydrogen-bond acceptors (Lipinski definition) is 4. The fourth-order valence-electron chi connectivity index (χ4n) is 2.50. The van der Waals surface area contributed by atoms with Gasteiger partial charge in [-0.2, -0.15) is 0 Å². The zero-order valence-electron chi connectivity index (χ0n) is 12.4. The van der Waals surface area contributed by atoms with Crippen molar-refractivity contribution in [3.8, 4) is 0 Å². The van der Waals surface area contributed by atoms with Gasteiger partial charge >= 0.3 is 11.9 Å². The van der Waals surface area contributed by atoms with E-state index in [9.17, 15) is 9.59 Å². The Balaban J connectivity index is 3.51. The minimum Gasteiger partial charge on any atom is -0.468 e. The quantitative estimate of drug-likeness (QED) is 0.440. The standard InChI is InChI=1S/C17H20O4/c1-5-12-17(15(18)20-3,16(19)21-4)14(6-2)13-10-8-7-9-11-13/h5-11,14H,1-2,12H2,3-4H3/t14-/m0/s1. The summed E-state index contributed by atoms with van der Waals surface area (Å²) in [6, 6.07) is 9.18. The molecule has 0 spiro atoms. The molecule has 4 heteroatoms. The second kappa shape index (κ2) is 7.43. The molecule has 0 N–H and O–H groups in total. The minimum atomic E-state index is -1.52. The molecule has 1 rings (SSSR count). The van der Waals surface area contributed by atoms with Crippen molar-refractivity contribution in [3.63, 3.8) is 0 Å². The second-order valence-electron chi connectivity index (χ2n) is 4.57. The molecule has 0 aromatic heterocycles. The molecule has 0 fully saturated rings. The molecule has 0 aliphatic rings. The molecule has 21 heavy (non-hydrogen) atoms. The number of carbonyl (C=O) groups is 2. The van der Waals surface area contributed by atoms with Crippen molar-refractivity contribution in [2.45, 2.75) is 12.3 Å². The smallest absolute Gasteiger partial charge is 0.324 e. The lowest BCUT2D eigenvalue weighted by atomic mass is 9.69. The van der Waals surface area contributed by atoms with Gasteiger partial charge < -0.3 is 9.47 Å². The largest absolute Gasteiger partial charge is 0.468 e. The van der Waals surface area contributed by atoms with Crippen LogP contribution in [0.1, 0.15) is 17.9 Å². The van der Waals surface area contributed by atoms with Gasteiger partial charge in [-0.1, -0.05) is 42.5 Å². The summed E-state index contributed by atoms with van der Waals surface area (Å²) in [5.41, 5.74) is -0.737. The minimum absolute atomic E-state index is 0.0952. The number of allylic oxidation sites excluding steroid dienone is 2. The molecule has 0 heterocycles. The molecule has 112 valence electrons. The highest BCUT2D eigenvalue weighted by atomic mass is 16.5. The van der Waals surface area contributed by atoms with Crippen LogP contribution in [0.2, 0.25) is 0 Å². The molecule has 0 aliphatic carbocycles. The Kier molecular flexibility index (Phi) is 5.91. The van der Waals surface area contributed by atoms with Crippen LogP contribution in [0.25, 0.3) is 0 Å². The van der Waals surface area contributed by atoms with Crippen LogP contribution in [0.3, 0.4) is 0 Å². The Morgan fingerprint density at radius 3 is 2.05 bits per heavy atom. The summed E-state index contributed by atoms with van der Waals surface area (Å²) in [4.78, 5) is 24.8. The summed E-state index contributed by atoms with van der Waals surface area (Å²) in [7, 11) is 2.49. The van der Waals surface area contributed by atoms with Crippen LogP contribution < -0.4 is 0 Å². The maximum atomic E-state index is 12.4. The molecule has 4 nitrogen and oxygen atoms in total. The van der Waals surface area contributed by atoms with E-state index in [1.54, 1.807) is 6.08 Å². The lowest BCUT2D eigenvalue weighted by Gasteiger charge is -2.33. The van der Waals surface area contributed by atoms with E-state index in [2.05, 4.69) is 13.2 Å². The fourth-order valence-corrected chi connectivity index (χ4v) is 2.50. The van der Waals surface area contributed by atoms with Crippen molar-refractivity contribution < 1.29 is 19.1 Å². The van der Waals surface area contributed by atoms with E-state index in [0.717, 1.165) is 5.56 Å². The van der Waals surface area contributed by atoms with Gasteiger partial charge in [0.1, 0.15) is 0 Å². The Labute approximate surface area is 125 Å². The Morgan fingerprint density at radius 1 is 1.14 bits per heavy atom. The monoisotopic (exact) mass is 288 g/mol. The number of methoxy groups -OCH3 is 2. The Hall–Kier alpha value is -2.36. The average molecular weight is 288 g/mol. The molecule has 0 aliphatic heterocycles. The number of carbonyl (C=O) groups excluding carboxylic acids is 2. The van der Waals surface area contributed by atoms with Crippen molar-refractivity contribution in [2.24, 2.45) is 5.41 Å². The summed E-state index contributed by atoms with van der Waals surface area (Å²) in [5, 5.41) is 0. The van der Waals surface area contributed by atoms with Gasteiger partial charge in [0.15, 0.2) is 5.41 Å². The lowest BCUT2D eigenvalue weighted by Crippen LogP contribution is -2.45. The van der Waals surface area contributed by atoms with Gasteiger partial charge in [-0.15, -0.1) is 13.2 Å². The van der Waals surface area contributed by atoms with E-state index >= 15 is 0 Å². The first-order valence-electron chi connectivity index (χ1n) is 6.53. The number of ether oxygens (including phenoxy) is 2. The van der Waals surface area contributed by atoms with E-state index in [1.165, 1.54) is 20.3 Å². The highest BCUT2D eigenvalue weighted by molar-refractivity contribution is 6.01. The summed E-state index contributed by atoms with van der Waals surface area (Å²) in [5.74, 6) is -1.90. The van der Waals surface area contributed by atoms with Crippen molar-refractivity contribution in [2.75, 3.05) is 14.2 Å². The van der Waals surface area contributed by atoms with E-state index < -0.39 is 23.3 Å². The van der Waals surface area contributed by atoms with Gasteiger partial charge in [-0.3, -0.25) is 9.59 Å². The van der Waals surface area contributed by atoms with Gasteiger partial charge in [0.2, 0.25) is 0 Å². The second-order valence-corrected chi connectivity index (χ2v) is 4.57. The molecule has 0 bridgehead atoms. The molecular formula is C17H20O4. The van der Waals surface area contributed by atoms with Crippen LogP contribution in [0.5, 0.6) is 0 Å². The topological polar surface area (TPSA) is 52.6 Å². The zero-order chi connectivity index (χ0) is 15.9. The molecule has 0 unspecified atom stereocenters. The van der Waals surface area contributed by atoms with Gasteiger partial charge in [0.05, 0.1) is 14.2 Å². The summed E-state index contributed by atoms with van der Waals surface area (Å²) < 4.78 is 9.72. The van der Waals surface area contributed by atoms with Crippen LogP contribution in [-0.4, -0.2) is 26.2 Å². The third-order valence-corrected chi connectivity index (χ3v) is 3.49.